The third-order valence-electron chi connectivity index (χ3n) is 2.55. The van der Waals surface area contributed by atoms with Crippen molar-refractivity contribution < 1.29 is 9.53 Å². The Bertz CT molecular complexity index is 531. The van der Waals surface area contributed by atoms with Crippen molar-refractivity contribution >= 4 is 5.78 Å². The Morgan fingerprint density at radius 3 is 2.61 bits per heavy atom. The van der Waals surface area contributed by atoms with Crippen LogP contribution in [0.5, 0.6) is 5.75 Å². The lowest BCUT2D eigenvalue weighted by atomic mass is 10.1. The first-order valence-electron chi connectivity index (χ1n) is 5.69. The summed E-state index contributed by atoms with van der Waals surface area (Å²) >= 11 is 0. The van der Waals surface area contributed by atoms with Gasteiger partial charge in [-0.15, -0.1) is 10.2 Å². The van der Waals surface area contributed by atoms with Crippen LogP contribution in [-0.4, -0.2) is 20.5 Å². The van der Waals surface area contributed by atoms with Crippen molar-refractivity contribution in [2.75, 3.05) is 0 Å². The summed E-state index contributed by atoms with van der Waals surface area (Å²) in [5.74, 6) is 1.68. The highest BCUT2D eigenvalue weighted by atomic mass is 16.5. The van der Waals surface area contributed by atoms with Gasteiger partial charge >= 0.3 is 0 Å². The minimum Gasteiger partial charge on any atom is -0.486 e. The van der Waals surface area contributed by atoms with Gasteiger partial charge in [-0.1, -0.05) is 12.1 Å². The van der Waals surface area contributed by atoms with Gasteiger partial charge in [-0.25, -0.2) is 0 Å². The molecule has 2 rings (SSSR count). The molecule has 0 atom stereocenters. The van der Waals surface area contributed by atoms with Gasteiger partial charge < -0.3 is 9.30 Å². The van der Waals surface area contributed by atoms with Crippen LogP contribution < -0.4 is 4.74 Å². The quantitative estimate of drug-likeness (QED) is 0.801. The van der Waals surface area contributed by atoms with Crippen LogP contribution in [0, 0.1) is 0 Å². The van der Waals surface area contributed by atoms with Crippen LogP contribution in [0.1, 0.15) is 18.3 Å². The minimum atomic E-state index is 0.155. The second kappa shape index (κ2) is 5.44. The number of aryl methyl sites for hydroxylation is 1. The van der Waals surface area contributed by atoms with Crippen molar-refractivity contribution in [1.29, 1.82) is 0 Å². The number of carbonyl (C=O) groups excluding carboxylic acids is 1. The van der Waals surface area contributed by atoms with Gasteiger partial charge in [0.15, 0.2) is 5.82 Å². The van der Waals surface area contributed by atoms with Crippen molar-refractivity contribution in [3.63, 3.8) is 0 Å². The van der Waals surface area contributed by atoms with Crippen LogP contribution in [0.3, 0.4) is 0 Å². The summed E-state index contributed by atoms with van der Waals surface area (Å²) in [4.78, 5) is 11.0. The van der Waals surface area contributed by atoms with Gasteiger partial charge in [0, 0.05) is 13.5 Å². The van der Waals surface area contributed by atoms with Crippen molar-refractivity contribution in [2.45, 2.75) is 20.0 Å². The number of benzene rings is 1. The number of ketones is 1. The molecule has 0 unspecified atom stereocenters. The van der Waals surface area contributed by atoms with E-state index in [1.54, 1.807) is 13.3 Å². The lowest BCUT2D eigenvalue weighted by Crippen LogP contribution is -2.03. The molecule has 1 heterocycles. The largest absolute Gasteiger partial charge is 0.486 e. The molecule has 0 aliphatic heterocycles. The van der Waals surface area contributed by atoms with Gasteiger partial charge in [-0.2, -0.15) is 0 Å². The van der Waals surface area contributed by atoms with Crippen molar-refractivity contribution in [1.82, 2.24) is 14.8 Å². The van der Waals surface area contributed by atoms with E-state index in [1.165, 1.54) is 0 Å². The first-order chi connectivity index (χ1) is 8.65. The van der Waals surface area contributed by atoms with Gasteiger partial charge in [0.1, 0.15) is 24.5 Å². The molecule has 0 saturated carbocycles. The third kappa shape index (κ3) is 3.16. The molecular formula is C13H15N3O2. The van der Waals surface area contributed by atoms with Gasteiger partial charge in [0.25, 0.3) is 0 Å². The number of nitrogens with zero attached hydrogens (tertiary/aromatic N) is 3. The Labute approximate surface area is 105 Å². The Balaban J connectivity index is 1.94. The number of hydrogen-bond donors (Lipinski definition) is 0. The highest BCUT2D eigenvalue weighted by Crippen LogP contribution is 2.14. The Morgan fingerprint density at radius 2 is 2.06 bits per heavy atom. The number of carbonyl (C=O) groups is 1. The van der Waals surface area contributed by atoms with E-state index in [-0.39, 0.29) is 5.78 Å². The highest BCUT2D eigenvalue weighted by molar-refractivity contribution is 5.78. The van der Waals surface area contributed by atoms with Crippen molar-refractivity contribution in [2.24, 2.45) is 7.05 Å². The molecule has 0 radical (unpaired) electrons. The summed E-state index contributed by atoms with van der Waals surface area (Å²) in [6, 6.07) is 7.50. The topological polar surface area (TPSA) is 57.0 Å². The van der Waals surface area contributed by atoms with Crippen LogP contribution >= 0.6 is 0 Å². The maximum atomic E-state index is 11.0. The fourth-order valence-electron chi connectivity index (χ4n) is 1.58. The predicted octanol–water partition coefficient (Wildman–Crippen LogP) is 1.53. The van der Waals surface area contributed by atoms with Crippen LogP contribution in [0.15, 0.2) is 30.6 Å². The second-order valence-electron chi connectivity index (χ2n) is 4.17. The second-order valence-corrected chi connectivity index (χ2v) is 4.17. The molecule has 1 aromatic carbocycles. The van der Waals surface area contributed by atoms with Gasteiger partial charge in [-0.05, 0) is 24.6 Å². The normalized spacial score (nSPS) is 10.3. The fourth-order valence-corrected chi connectivity index (χ4v) is 1.58. The zero-order valence-corrected chi connectivity index (χ0v) is 10.5. The van der Waals surface area contributed by atoms with E-state index in [1.807, 2.05) is 35.9 Å². The molecule has 0 bridgehead atoms. The molecule has 0 N–H and O–H groups in total. The molecule has 5 nitrogen and oxygen atoms in total. The summed E-state index contributed by atoms with van der Waals surface area (Å²) in [5.41, 5.74) is 0.994. The lowest BCUT2D eigenvalue weighted by Gasteiger charge is -2.06. The summed E-state index contributed by atoms with van der Waals surface area (Å²) < 4.78 is 7.39. The first kappa shape index (κ1) is 12.3. The minimum absolute atomic E-state index is 0.155. The highest BCUT2D eigenvalue weighted by Gasteiger charge is 2.02. The lowest BCUT2D eigenvalue weighted by molar-refractivity contribution is -0.116. The van der Waals surface area contributed by atoms with Gasteiger partial charge in [0.05, 0.1) is 0 Å². The molecule has 18 heavy (non-hydrogen) atoms. The smallest absolute Gasteiger partial charge is 0.170 e. The maximum Gasteiger partial charge on any atom is 0.170 e. The Morgan fingerprint density at radius 1 is 1.33 bits per heavy atom. The Hall–Kier alpha value is -2.17. The summed E-state index contributed by atoms with van der Waals surface area (Å²) in [6.45, 7) is 1.96. The van der Waals surface area contributed by atoms with E-state index in [9.17, 15) is 4.79 Å². The average Bonchev–Trinajstić information content (AvgIpc) is 2.73. The van der Waals surface area contributed by atoms with Crippen LogP contribution in [0.25, 0.3) is 0 Å². The summed E-state index contributed by atoms with van der Waals surface area (Å²) in [6.07, 6.45) is 2.10. The van der Waals surface area contributed by atoms with E-state index < -0.39 is 0 Å². The number of rotatable bonds is 5. The monoisotopic (exact) mass is 245 g/mol. The molecule has 2 aromatic rings. The molecule has 0 fully saturated rings. The summed E-state index contributed by atoms with van der Waals surface area (Å²) in [5, 5.41) is 7.71. The average molecular weight is 245 g/mol. The van der Waals surface area contributed by atoms with Crippen LogP contribution in [0.4, 0.5) is 0 Å². The number of Topliss-reactive ketones (excluding diaryl/α,β-unsaturated/α-hetero) is 1. The predicted molar refractivity (Wildman–Crippen MR) is 66.2 cm³/mol. The first-order valence-corrected chi connectivity index (χ1v) is 5.69. The number of aromatic nitrogens is 3. The molecule has 0 aliphatic rings. The molecule has 0 aliphatic carbocycles. The number of hydrogen-bond acceptors (Lipinski definition) is 4. The van der Waals surface area contributed by atoms with E-state index >= 15 is 0 Å². The fraction of sp³-hybridized carbons (Fsp3) is 0.308. The van der Waals surface area contributed by atoms with E-state index in [0.29, 0.717) is 13.0 Å². The zero-order valence-electron chi connectivity index (χ0n) is 10.5. The Kier molecular flexibility index (Phi) is 3.72. The third-order valence-corrected chi connectivity index (χ3v) is 2.55. The number of ether oxygens (including phenoxy) is 1. The van der Waals surface area contributed by atoms with Crippen LogP contribution in [0.2, 0.25) is 0 Å². The van der Waals surface area contributed by atoms with E-state index in [2.05, 4.69) is 10.2 Å². The molecule has 5 heteroatoms. The molecule has 0 amide bonds. The van der Waals surface area contributed by atoms with E-state index in [4.69, 9.17) is 4.74 Å². The van der Waals surface area contributed by atoms with Gasteiger partial charge in [-0.3, -0.25) is 4.79 Å². The molecule has 94 valence electrons. The molecule has 1 aromatic heterocycles. The maximum absolute atomic E-state index is 11.0. The van der Waals surface area contributed by atoms with Crippen molar-refractivity contribution in [3.8, 4) is 5.75 Å². The van der Waals surface area contributed by atoms with Crippen LogP contribution in [-0.2, 0) is 24.9 Å². The van der Waals surface area contributed by atoms with E-state index in [0.717, 1.165) is 17.1 Å². The molecule has 0 saturated heterocycles. The standard InChI is InChI=1S/C13H15N3O2/c1-10(17)7-11-3-5-12(6-4-11)18-8-13-15-14-9-16(13)2/h3-6,9H,7-8H2,1-2H3. The summed E-state index contributed by atoms with van der Waals surface area (Å²) in [7, 11) is 1.87. The SMILES string of the molecule is CC(=O)Cc1ccc(OCc2nncn2C)cc1. The van der Waals surface area contributed by atoms with Gasteiger partial charge in [0.2, 0.25) is 0 Å². The molecule has 0 spiro atoms. The molecular weight excluding hydrogens is 230 g/mol. The van der Waals surface area contributed by atoms with Crippen molar-refractivity contribution in [3.05, 3.63) is 42.0 Å². The zero-order chi connectivity index (χ0) is 13.0.